The predicted molar refractivity (Wildman–Crippen MR) is 62.0 cm³/mol. The van der Waals surface area contributed by atoms with E-state index in [1.165, 1.54) is 0 Å². The van der Waals surface area contributed by atoms with Crippen molar-refractivity contribution in [2.75, 3.05) is 11.4 Å². The van der Waals surface area contributed by atoms with E-state index in [0.717, 1.165) is 17.8 Å². The number of benzene rings is 1. The molecule has 1 unspecified atom stereocenters. The van der Waals surface area contributed by atoms with Crippen LogP contribution in [0.15, 0.2) is 24.3 Å². The maximum absolute atomic E-state index is 11.6. The number of hydrogen-bond donors (Lipinski definition) is 1. The van der Waals surface area contributed by atoms with Crippen molar-refractivity contribution in [2.24, 2.45) is 0 Å². The first-order chi connectivity index (χ1) is 7.20. The van der Waals surface area contributed by atoms with Gasteiger partial charge in [-0.3, -0.25) is 4.79 Å². The molecule has 1 aromatic rings. The highest BCUT2D eigenvalue weighted by molar-refractivity contribution is 9.09. The molecular formula is C11H12BrNO2. The molecule has 0 bridgehead atoms. The van der Waals surface area contributed by atoms with Gasteiger partial charge in [0.1, 0.15) is 0 Å². The summed E-state index contributed by atoms with van der Waals surface area (Å²) in [7, 11) is 0. The average molecular weight is 270 g/mol. The van der Waals surface area contributed by atoms with Crippen LogP contribution in [0.5, 0.6) is 0 Å². The minimum Gasteiger partial charge on any atom is -0.392 e. The Bertz CT molecular complexity index is 363. The Morgan fingerprint density at radius 3 is 2.53 bits per heavy atom. The van der Waals surface area contributed by atoms with Crippen molar-refractivity contribution in [3.8, 4) is 0 Å². The van der Waals surface area contributed by atoms with Crippen molar-refractivity contribution < 1.29 is 9.90 Å². The molecule has 1 aliphatic heterocycles. The van der Waals surface area contributed by atoms with E-state index in [-0.39, 0.29) is 17.3 Å². The van der Waals surface area contributed by atoms with Crippen LogP contribution in [0.4, 0.5) is 5.69 Å². The number of carbonyl (C=O) groups excluding carboxylic acids is 1. The Hall–Kier alpha value is -0.870. The van der Waals surface area contributed by atoms with E-state index in [2.05, 4.69) is 15.9 Å². The summed E-state index contributed by atoms with van der Waals surface area (Å²) in [5.41, 5.74) is 1.76. The van der Waals surface area contributed by atoms with Crippen LogP contribution >= 0.6 is 15.9 Å². The molecule has 0 radical (unpaired) electrons. The molecular weight excluding hydrogens is 258 g/mol. The Morgan fingerprint density at radius 2 is 2.07 bits per heavy atom. The summed E-state index contributed by atoms with van der Waals surface area (Å²) in [6.45, 7) is 0.757. The molecule has 0 aromatic heterocycles. The number of aliphatic hydroxyl groups is 1. The minimum absolute atomic E-state index is 0.0370. The quantitative estimate of drug-likeness (QED) is 0.830. The molecule has 2 rings (SSSR count). The lowest BCUT2D eigenvalue weighted by Crippen LogP contribution is -2.24. The maximum atomic E-state index is 11.6. The second-order valence-electron chi connectivity index (χ2n) is 3.63. The molecule has 1 saturated heterocycles. The summed E-state index contributed by atoms with van der Waals surface area (Å²) in [5, 5.41) is 8.90. The lowest BCUT2D eigenvalue weighted by Gasteiger charge is -2.15. The van der Waals surface area contributed by atoms with Gasteiger partial charge in [0.2, 0.25) is 5.91 Å². The SMILES string of the molecule is O=C1CC(Br)CN1c1ccc(CO)cc1. The van der Waals surface area contributed by atoms with Gasteiger partial charge in [0.05, 0.1) is 6.61 Å². The lowest BCUT2D eigenvalue weighted by atomic mass is 10.2. The highest BCUT2D eigenvalue weighted by Gasteiger charge is 2.28. The molecule has 1 aromatic carbocycles. The number of rotatable bonds is 2. The average Bonchev–Trinajstić information content (AvgIpc) is 2.58. The number of alkyl halides is 1. The van der Waals surface area contributed by atoms with Gasteiger partial charge in [0.15, 0.2) is 0 Å². The molecule has 1 amide bonds. The number of aliphatic hydroxyl groups excluding tert-OH is 1. The van der Waals surface area contributed by atoms with E-state index in [9.17, 15) is 4.79 Å². The third-order valence-electron chi connectivity index (χ3n) is 2.51. The van der Waals surface area contributed by atoms with Crippen molar-refractivity contribution in [3.05, 3.63) is 29.8 Å². The molecule has 1 N–H and O–H groups in total. The van der Waals surface area contributed by atoms with Crippen LogP contribution in [-0.2, 0) is 11.4 Å². The fraction of sp³-hybridized carbons (Fsp3) is 0.364. The summed E-state index contributed by atoms with van der Waals surface area (Å²) in [6, 6.07) is 7.41. The van der Waals surface area contributed by atoms with E-state index >= 15 is 0 Å². The van der Waals surface area contributed by atoms with Crippen molar-refractivity contribution in [1.29, 1.82) is 0 Å². The standard InChI is InChI=1S/C11H12BrNO2/c12-9-5-11(15)13(6-9)10-3-1-8(7-14)2-4-10/h1-4,9,14H,5-7H2. The van der Waals surface area contributed by atoms with E-state index in [1.54, 1.807) is 4.90 Å². The third-order valence-corrected chi connectivity index (χ3v) is 3.12. The molecule has 3 nitrogen and oxygen atoms in total. The summed E-state index contributed by atoms with van der Waals surface area (Å²) >= 11 is 3.44. The normalized spacial score (nSPS) is 21.1. The molecule has 1 atom stereocenters. The van der Waals surface area contributed by atoms with Gasteiger partial charge in [-0.25, -0.2) is 0 Å². The summed E-state index contributed by atoms with van der Waals surface area (Å²) in [6.07, 6.45) is 0.557. The Morgan fingerprint density at radius 1 is 1.40 bits per heavy atom. The Balaban J connectivity index is 2.19. The number of nitrogens with zero attached hydrogens (tertiary/aromatic N) is 1. The fourth-order valence-electron chi connectivity index (χ4n) is 1.69. The third kappa shape index (κ3) is 2.21. The van der Waals surface area contributed by atoms with Crippen LogP contribution < -0.4 is 4.90 Å². The fourth-order valence-corrected chi connectivity index (χ4v) is 2.26. The molecule has 1 fully saturated rings. The van der Waals surface area contributed by atoms with Gasteiger partial charge in [0, 0.05) is 23.5 Å². The monoisotopic (exact) mass is 269 g/mol. The number of amides is 1. The second kappa shape index (κ2) is 4.33. The Kier molecular flexibility index (Phi) is 3.07. The molecule has 4 heteroatoms. The van der Waals surface area contributed by atoms with Crippen molar-refractivity contribution in [3.63, 3.8) is 0 Å². The maximum Gasteiger partial charge on any atom is 0.228 e. The highest BCUT2D eigenvalue weighted by Crippen LogP contribution is 2.25. The summed E-state index contributed by atoms with van der Waals surface area (Å²) < 4.78 is 0. The van der Waals surface area contributed by atoms with Gasteiger partial charge in [-0.1, -0.05) is 28.1 Å². The van der Waals surface area contributed by atoms with Crippen LogP contribution in [-0.4, -0.2) is 22.4 Å². The largest absolute Gasteiger partial charge is 0.392 e. The van der Waals surface area contributed by atoms with E-state index in [4.69, 9.17) is 5.11 Å². The topological polar surface area (TPSA) is 40.5 Å². The number of halogens is 1. The van der Waals surface area contributed by atoms with Crippen LogP contribution in [0.25, 0.3) is 0 Å². The van der Waals surface area contributed by atoms with E-state index < -0.39 is 0 Å². The molecule has 1 heterocycles. The van der Waals surface area contributed by atoms with Gasteiger partial charge < -0.3 is 10.0 Å². The molecule has 0 aliphatic carbocycles. The first-order valence-corrected chi connectivity index (χ1v) is 5.76. The number of hydrogen-bond acceptors (Lipinski definition) is 2. The molecule has 15 heavy (non-hydrogen) atoms. The van der Waals surface area contributed by atoms with Crippen LogP contribution in [0.3, 0.4) is 0 Å². The number of anilines is 1. The smallest absolute Gasteiger partial charge is 0.228 e. The molecule has 80 valence electrons. The minimum atomic E-state index is 0.0370. The predicted octanol–water partition coefficient (Wildman–Crippen LogP) is 1.68. The van der Waals surface area contributed by atoms with E-state index in [1.807, 2.05) is 24.3 Å². The van der Waals surface area contributed by atoms with Crippen molar-refractivity contribution >= 4 is 27.5 Å². The van der Waals surface area contributed by atoms with Crippen LogP contribution in [0.1, 0.15) is 12.0 Å². The van der Waals surface area contributed by atoms with Gasteiger partial charge in [-0.05, 0) is 17.7 Å². The number of carbonyl (C=O) groups is 1. The Labute approximate surface area is 96.8 Å². The summed E-state index contributed by atoms with van der Waals surface area (Å²) in [5.74, 6) is 0.147. The van der Waals surface area contributed by atoms with Gasteiger partial charge in [-0.2, -0.15) is 0 Å². The van der Waals surface area contributed by atoms with Gasteiger partial charge in [0.25, 0.3) is 0 Å². The first kappa shape index (κ1) is 10.6. The zero-order valence-electron chi connectivity index (χ0n) is 8.19. The zero-order valence-corrected chi connectivity index (χ0v) is 9.77. The molecule has 0 saturated carbocycles. The highest BCUT2D eigenvalue weighted by atomic mass is 79.9. The zero-order chi connectivity index (χ0) is 10.8. The van der Waals surface area contributed by atoms with Gasteiger partial charge >= 0.3 is 0 Å². The molecule has 1 aliphatic rings. The van der Waals surface area contributed by atoms with Crippen LogP contribution in [0.2, 0.25) is 0 Å². The first-order valence-electron chi connectivity index (χ1n) is 4.85. The second-order valence-corrected chi connectivity index (χ2v) is 4.93. The van der Waals surface area contributed by atoms with Crippen molar-refractivity contribution in [2.45, 2.75) is 17.9 Å². The van der Waals surface area contributed by atoms with E-state index in [0.29, 0.717) is 6.42 Å². The summed E-state index contributed by atoms with van der Waals surface area (Å²) in [4.78, 5) is 13.6. The van der Waals surface area contributed by atoms with Crippen molar-refractivity contribution in [1.82, 2.24) is 0 Å². The lowest BCUT2D eigenvalue weighted by molar-refractivity contribution is -0.117. The van der Waals surface area contributed by atoms with Crippen LogP contribution in [0, 0.1) is 0 Å². The van der Waals surface area contributed by atoms with Gasteiger partial charge in [-0.15, -0.1) is 0 Å². The molecule has 0 spiro atoms.